The number of hydrogen-bond acceptors (Lipinski definition) is 4. The predicted molar refractivity (Wildman–Crippen MR) is 77.4 cm³/mol. The van der Waals surface area contributed by atoms with Crippen molar-refractivity contribution in [2.75, 3.05) is 0 Å². The van der Waals surface area contributed by atoms with Gasteiger partial charge in [-0.15, -0.1) is 5.10 Å². The molecule has 0 saturated heterocycles. The van der Waals surface area contributed by atoms with Crippen LogP contribution in [0.5, 0.6) is 0 Å². The van der Waals surface area contributed by atoms with E-state index in [4.69, 9.17) is 16.6 Å². The highest BCUT2D eigenvalue weighted by atomic mass is 32.1. The van der Waals surface area contributed by atoms with Crippen LogP contribution in [0.25, 0.3) is 17.1 Å². The summed E-state index contributed by atoms with van der Waals surface area (Å²) in [5.74, 6) is -0.312. The Kier molecular flexibility index (Phi) is 3.26. The fourth-order valence-corrected chi connectivity index (χ4v) is 2.17. The van der Waals surface area contributed by atoms with Gasteiger partial charge in [-0.25, -0.2) is 9.49 Å². The van der Waals surface area contributed by atoms with Crippen molar-refractivity contribution in [2.45, 2.75) is 6.92 Å². The molecule has 5 nitrogen and oxygen atoms in total. The fourth-order valence-electron chi connectivity index (χ4n) is 2.04. The van der Waals surface area contributed by atoms with Crippen LogP contribution in [0, 0.1) is 17.6 Å². The predicted octanol–water partition coefficient (Wildman–Crippen LogP) is 3.00. The van der Waals surface area contributed by atoms with Crippen LogP contribution in [0.1, 0.15) is 5.69 Å². The van der Waals surface area contributed by atoms with Crippen molar-refractivity contribution >= 4 is 12.2 Å². The molecular weight excluding hydrogens is 293 g/mol. The number of benzene rings is 1. The molecule has 0 spiro atoms. The van der Waals surface area contributed by atoms with Crippen LogP contribution in [0.4, 0.5) is 4.39 Å². The summed E-state index contributed by atoms with van der Waals surface area (Å²) in [6, 6.07) is 7.69. The third-order valence-corrected chi connectivity index (χ3v) is 3.20. The Morgan fingerprint density at radius 2 is 2.14 bits per heavy atom. The molecule has 0 aliphatic rings. The van der Waals surface area contributed by atoms with E-state index in [1.807, 2.05) is 0 Å². The first-order valence-corrected chi connectivity index (χ1v) is 6.51. The highest BCUT2D eigenvalue weighted by Gasteiger charge is 2.13. The van der Waals surface area contributed by atoms with E-state index < -0.39 is 5.82 Å². The lowest BCUT2D eigenvalue weighted by atomic mass is 10.2. The molecule has 0 fully saturated rings. The molecule has 3 aromatic rings. The van der Waals surface area contributed by atoms with Gasteiger partial charge in [0.15, 0.2) is 5.43 Å². The lowest BCUT2D eigenvalue weighted by molar-refractivity contribution is 0.551. The van der Waals surface area contributed by atoms with E-state index >= 15 is 0 Å². The van der Waals surface area contributed by atoms with Crippen molar-refractivity contribution in [3.63, 3.8) is 0 Å². The smallest absolute Gasteiger partial charge is 0.284 e. The zero-order chi connectivity index (χ0) is 15.0. The van der Waals surface area contributed by atoms with E-state index in [0.29, 0.717) is 11.4 Å². The molecule has 0 aliphatic heterocycles. The highest BCUT2D eigenvalue weighted by molar-refractivity contribution is 7.71. The third-order valence-electron chi connectivity index (χ3n) is 3.02. The van der Waals surface area contributed by atoms with Crippen molar-refractivity contribution in [3.8, 4) is 17.1 Å². The third kappa shape index (κ3) is 2.43. The summed E-state index contributed by atoms with van der Waals surface area (Å²) in [4.78, 5) is 12.1. The van der Waals surface area contributed by atoms with Crippen LogP contribution in [0.15, 0.2) is 45.7 Å². The quantitative estimate of drug-likeness (QED) is 0.739. The SMILES string of the molecule is Cc1cc(=O)c(-c2n[nH]c(=S)o2)cn1-c1ccccc1F. The van der Waals surface area contributed by atoms with Gasteiger partial charge in [0.1, 0.15) is 11.4 Å². The second kappa shape index (κ2) is 5.10. The van der Waals surface area contributed by atoms with Crippen LogP contribution in [-0.2, 0) is 0 Å². The monoisotopic (exact) mass is 303 g/mol. The molecule has 1 aromatic carbocycles. The first-order chi connectivity index (χ1) is 10.1. The number of rotatable bonds is 2. The van der Waals surface area contributed by atoms with Crippen molar-refractivity contribution in [2.24, 2.45) is 0 Å². The molecule has 0 aliphatic carbocycles. The van der Waals surface area contributed by atoms with Gasteiger partial charge in [-0.2, -0.15) is 0 Å². The van der Waals surface area contributed by atoms with Crippen molar-refractivity contribution in [1.29, 1.82) is 0 Å². The maximum atomic E-state index is 13.9. The second-order valence-electron chi connectivity index (χ2n) is 4.43. The Hall–Kier alpha value is -2.54. The van der Waals surface area contributed by atoms with Gasteiger partial charge < -0.3 is 8.98 Å². The molecule has 21 heavy (non-hydrogen) atoms. The lowest BCUT2D eigenvalue weighted by Gasteiger charge is -2.12. The largest absolute Gasteiger partial charge is 0.409 e. The van der Waals surface area contributed by atoms with Gasteiger partial charge in [-0.05, 0) is 31.3 Å². The van der Waals surface area contributed by atoms with Crippen molar-refractivity contribution in [3.05, 3.63) is 63.1 Å². The molecular formula is C14H10FN3O2S. The molecule has 7 heteroatoms. The van der Waals surface area contributed by atoms with Crippen LogP contribution >= 0.6 is 12.2 Å². The average Bonchev–Trinajstić information content (AvgIpc) is 2.86. The van der Waals surface area contributed by atoms with E-state index in [9.17, 15) is 9.18 Å². The van der Waals surface area contributed by atoms with Crippen LogP contribution in [0.3, 0.4) is 0 Å². The molecule has 0 atom stereocenters. The number of H-pyrrole nitrogens is 1. The number of nitrogens with zero attached hydrogens (tertiary/aromatic N) is 2. The molecule has 3 rings (SSSR count). The minimum atomic E-state index is -0.391. The second-order valence-corrected chi connectivity index (χ2v) is 4.80. The molecule has 106 valence electrons. The minimum Gasteiger partial charge on any atom is -0.409 e. The molecule has 2 aromatic heterocycles. The van der Waals surface area contributed by atoms with Crippen molar-refractivity contribution in [1.82, 2.24) is 14.8 Å². The maximum Gasteiger partial charge on any atom is 0.284 e. The first-order valence-electron chi connectivity index (χ1n) is 6.10. The Morgan fingerprint density at radius 3 is 2.81 bits per heavy atom. The number of aryl methyl sites for hydroxylation is 1. The number of aromatic nitrogens is 3. The normalized spacial score (nSPS) is 10.8. The summed E-state index contributed by atoms with van der Waals surface area (Å²) in [7, 11) is 0. The summed E-state index contributed by atoms with van der Waals surface area (Å²) in [6.07, 6.45) is 1.49. The molecule has 2 heterocycles. The summed E-state index contributed by atoms with van der Waals surface area (Å²) >= 11 is 4.80. The fraction of sp³-hybridized carbons (Fsp3) is 0.0714. The molecule has 0 radical (unpaired) electrons. The molecule has 0 saturated carbocycles. The Balaban J connectivity index is 2.26. The number of para-hydroxylation sites is 1. The topological polar surface area (TPSA) is 63.8 Å². The van der Waals surface area contributed by atoms with Gasteiger partial charge in [0.2, 0.25) is 0 Å². The van der Waals surface area contributed by atoms with Crippen LogP contribution in [-0.4, -0.2) is 14.8 Å². The summed E-state index contributed by atoms with van der Waals surface area (Å²) in [5.41, 5.74) is 0.870. The maximum absolute atomic E-state index is 13.9. The number of nitrogens with one attached hydrogen (secondary N) is 1. The average molecular weight is 303 g/mol. The van der Waals surface area contributed by atoms with Crippen LogP contribution in [0.2, 0.25) is 0 Å². The Morgan fingerprint density at radius 1 is 1.38 bits per heavy atom. The lowest BCUT2D eigenvalue weighted by Crippen LogP contribution is -2.12. The van der Waals surface area contributed by atoms with E-state index in [-0.39, 0.29) is 21.7 Å². The standard InChI is InChI=1S/C14H10FN3O2S/c1-8-6-12(19)9(13-16-17-14(21)20-13)7-18(8)11-5-3-2-4-10(11)15/h2-7H,1H3,(H,17,21). The first kappa shape index (κ1) is 13.4. The molecule has 0 bridgehead atoms. The minimum absolute atomic E-state index is 0.0717. The van der Waals surface area contributed by atoms with Gasteiger partial charge in [0.25, 0.3) is 10.7 Å². The van der Waals surface area contributed by atoms with Gasteiger partial charge in [-0.3, -0.25) is 4.79 Å². The van der Waals surface area contributed by atoms with E-state index in [0.717, 1.165) is 0 Å². The number of aromatic amines is 1. The van der Waals surface area contributed by atoms with Gasteiger partial charge in [0, 0.05) is 18.0 Å². The number of pyridine rings is 1. The van der Waals surface area contributed by atoms with Gasteiger partial charge >= 0.3 is 0 Å². The summed E-state index contributed by atoms with van der Waals surface area (Å²) in [6.45, 7) is 1.72. The van der Waals surface area contributed by atoms with Gasteiger partial charge in [0.05, 0.1) is 5.69 Å². The highest BCUT2D eigenvalue weighted by Crippen LogP contribution is 2.19. The van der Waals surface area contributed by atoms with E-state index in [2.05, 4.69) is 10.2 Å². The van der Waals surface area contributed by atoms with Crippen molar-refractivity contribution < 1.29 is 8.81 Å². The van der Waals surface area contributed by atoms with Gasteiger partial charge in [-0.1, -0.05) is 12.1 Å². The van der Waals surface area contributed by atoms with Crippen LogP contribution < -0.4 is 5.43 Å². The van der Waals surface area contributed by atoms with E-state index in [1.54, 1.807) is 29.7 Å². The number of halogens is 1. The summed E-state index contributed by atoms with van der Waals surface area (Å²) < 4.78 is 20.7. The zero-order valence-electron chi connectivity index (χ0n) is 11.0. The number of hydrogen-bond donors (Lipinski definition) is 1. The molecule has 0 amide bonds. The molecule has 0 unspecified atom stereocenters. The Labute approximate surface area is 123 Å². The zero-order valence-corrected chi connectivity index (χ0v) is 11.8. The summed E-state index contributed by atoms with van der Waals surface area (Å²) in [5, 5.41) is 6.29. The Bertz CT molecular complexity index is 926. The van der Waals surface area contributed by atoms with E-state index in [1.165, 1.54) is 18.3 Å². The molecule has 1 N–H and O–H groups in total.